The smallest absolute Gasteiger partial charge is 0.339 e. The fourth-order valence-electron chi connectivity index (χ4n) is 1.87. The number of carbonyl (C=O) groups is 1. The first-order valence-corrected chi connectivity index (χ1v) is 5.26. The number of halogens is 1. The van der Waals surface area contributed by atoms with Gasteiger partial charge in [0.1, 0.15) is 11.4 Å². The van der Waals surface area contributed by atoms with Crippen LogP contribution >= 0.6 is 0 Å². The molecule has 0 amide bonds. The molecule has 0 fully saturated rings. The van der Waals surface area contributed by atoms with Crippen LogP contribution in [0, 0.1) is 19.7 Å². The van der Waals surface area contributed by atoms with E-state index in [2.05, 4.69) is 5.10 Å². The van der Waals surface area contributed by atoms with Crippen molar-refractivity contribution in [2.45, 2.75) is 13.8 Å². The van der Waals surface area contributed by atoms with Gasteiger partial charge in [-0.25, -0.2) is 13.9 Å². The number of hydrogen-bond donors (Lipinski definition) is 2. The van der Waals surface area contributed by atoms with Gasteiger partial charge in [-0.2, -0.15) is 5.10 Å². The van der Waals surface area contributed by atoms with Crippen molar-refractivity contribution in [2.24, 2.45) is 0 Å². The zero-order valence-electron chi connectivity index (χ0n) is 9.94. The Kier molecular flexibility index (Phi) is 2.78. The molecule has 0 bridgehead atoms. The molecular formula is C12H12FN3O2. The number of nitrogen functional groups attached to an aromatic ring is 1. The predicted octanol–water partition coefficient (Wildman–Crippen LogP) is 1.91. The molecule has 0 saturated heterocycles. The average Bonchev–Trinajstić information content (AvgIpc) is 2.58. The lowest BCUT2D eigenvalue weighted by molar-refractivity contribution is 0.0695. The summed E-state index contributed by atoms with van der Waals surface area (Å²) in [6, 6.07) is 4.14. The molecule has 6 heteroatoms. The van der Waals surface area contributed by atoms with E-state index in [1.807, 2.05) is 0 Å². The number of nitrogens with zero attached hydrogens (tertiary/aromatic N) is 2. The summed E-state index contributed by atoms with van der Waals surface area (Å²) in [5.41, 5.74) is 7.04. The Hall–Kier alpha value is -2.37. The van der Waals surface area contributed by atoms with E-state index in [4.69, 9.17) is 10.8 Å². The monoisotopic (exact) mass is 249 g/mol. The predicted molar refractivity (Wildman–Crippen MR) is 64.4 cm³/mol. The molecule has 0 unspecified atom stereocenters. The minimum absolute atomic E-state index is 0.00284. The SMILES string of the molecule is Cc1nn(-c2ccc(F)c(N)c2)c(C)c1C(=O)O. The van der Waals surface area contributed by atoms with Gasteiger partial charge in [0.05, 0.1) is 22.8 Å². The fraction of sp³-hybridized carbons (Fsp3) is 0.167. The van der Waals surface area contributed by atoms with E-state index >= 15 is 0 Å². The first kappa shape index (κ1) is 12.1. The molecule has 5 nitrogen and oxygen atoms in total. The molecular weight excluding hydrogens is 237 g/mol. The van der Waals surface area contributed by atoms with Crippen LogP contribution in [0.2, 0.25) is 0 Å². The number of anilines is 1. The van der Waals surface area contributed by atoms with Crippen molar-refractivity contribution in [2.75, 3.05) is 5.73 Å². The lowest BCUT2D eigenvalue weighted by Crippen LogP contribution is -2.03. The van der Waals surface area contributed by atoms with Crippen molar-refractivity contribution in [1.82, 2.24) is 9.78 Å². The summed E-state index contributed by atoms with van der Waals surface area (Å²) in [6.07, 6.45) is 0. The molecule has 1 heterocycles. The van der Waals surface area contributed by atoms with Crippen molar-refractivity contribution in [3.63, 3.8) is 0 Å². The van der Waals surface area contributed by atoms with Gasteiger partial charge in [0, 0.05) is 0 Å². The maximum Gasteiger partial charge on any atom is 0.339 e. The van der Waals surface area contributed by atoms with Gasteiger partial charge in [-0.05, 0) is 32.0 Å². The number of carboxylic acid groups (broad SMARTS) is 1. The molecule has 1 aromatic heterocycles. The average molecular weight is 249 g/mol. The van der Waals surface area contributed by atoms with E-state index in [1.54, 1.807) is 13.8 Å². The molecule has 18 heavy (non-hydrogen) atoms. The van der Waals surface area contributed by atoms with Gasteiger partial charge in [0.15, 0.2) is 0 Å². The van der Waals surface area contributed by atoms with E-state index in [0.29, 0.717) is 17.1 Å². The number of hydrogen-bond acceptors (Lipinski definition) is 3. The van der Waals surface area contributed by atoms with Crippen LogP contribution in [0.1, 0.15) is 21.7 Å². The highest BCUT2D eigenvalue weighted by atomic mass is 19.1. The Labute approximate surface area is 103 Å². The second-order valence-electron chi connectivity index (χ2n) is 3.97. The Morgan fingerprint density at radius 2 is 2.11 bits per heavy atom. The highest BCUT2D eigenvalue weighted by molar-refractivity contribution is 5.90. The Morgan fingerprint density at radius 3 is 2.61 bits per heavy atom. The van der Waals surface area contributed by atoms with Crippen LogP contribution in [0.3, 0.4) is 0 Å². The quantitative estimate of drug-likeness (QED) is 0.796. The maximum absolute atomic E-state index is 13.1. The van der Waals surface area contributed by atoms with Gasteiger partial charge in [-0.1, -0.05) is 0 Å². The zero-order chi connectivity index (χ0) is 13.4. The van der Waals surface area contributed by atoms with E-state index < -0.39 is 11.8 Å². The highest BCUT2D eigenvalue weighted by Gasteiger charge is 2.18. The van der Waals surface area contributed by atoms with E-state index in [0.717, 1.165) is 0 Å². The molecule has 2 aromatic rings. The summed E-state index contributed by atoms with van der Waals surface area (Å²) in [5, 5.41) is 13.2. The minimum atomic E-state index is -1.04. The van der Waals surface area contributed by atoms with Crippen LogP contribution in [0.4, 0.5) is 10.1 Å². The number of aryl methyl sites for hydroxylation is 1. The molecule has 0 aliphatic carbocycles. The van der Waals surface area contributed by atoms with Crippen molar-refractivity contribution >= 4 is 11.7 Å². The van der Waals surface area contributed by atoms with Crippen molar-refractivity contribution in [1.29, 1.82) is 0 Å². The molecule has 0 aliphatic rings. The first-order chi connectivity index (χ1) is 8.41. The third-order valence-electron chi connectivity index (χ3n) is 2.73. The largest absolute Gasteiger partial charge is 0.478 e. The number of rotatable bonds is 2. The fourth-order valence-corrected chi connectivity index (χ4v) is 1.87. The summed E-state index contributed by atoms with van der Waals surface area (Å²) in [4.78, 5) is 11.1. The minimum Gasteiger partial charge on any atom is -0.478 e. The summed E-state index contributed by atoms with van der Waals surface area (Å²) in [6.45, 7) is 3.25. The number of carboxylic acids is 1. The van der Waals surface area contributed by atoms with Crippen molar-refractivity contribution in [3.8, 4) is 5.69 Å². The highest BCUT2D eigenvalue weighted by Crippen LogP contribution is 2.20. The zero-order valence-corrected chi connectivity index (χ0v) is 9.94. The Balaban J connectivity index is 2.61. The third-order valence-corrected chi connectivity index (χ3v) is 2.73. The summed E-state index contributed by atoms with van der Waals surface area (Å²) >= 11 is 0. The van der Waals surface area contributed by atoms with Gasteiger partial charge in [-0.3, -0.25) is 0 Å². The van der Waals surface area contributed by atoms with Crippen molar-refractivity contribution < 1.29 is 14.3 Å². The van der Waals surface area contributed by atoms with Crippen LogP contribution in [0.5, 0.6) is 0 Å². The van der Waals surface area contributed by atoms with Crippen LogP contribution in [-0.4, -0.2) is 20.9 Å². The molecule has 0 aliphatic heterocycles. The maximum atomic E-state index is 13.1. The lowest BCUT2D eigenvalue weighted by atomic mass is 10.2. The molecule has 0 spiro atoms. The van der Waals surface area contributed by atoms with Gasteiger partial charge in [-0.15, -0.1) is 0 Å². The second-order valence-corrected chi connectivity index (χ2v) is 3.97. The molecule has 0 atom stereocenters. The molecule has 2 rings (SSSR count). The Bertz CT molecular complexity index is 634. The van der Waals surface area contributed by atoms with Gasteiger partial charge < -0.3 is 10.8 Å². The summed E-state index contributed by atoms with van der Waals surface area (Å²) in [7, 11) is 0. The van der Waals surface area contributed by atoms with E-state index in [9.17, 15) is 9.18 Å². The number of benzene rings is 1. The first-order valence-electron chi connectivity index (χ1n) is 5.26. The number of aromatic carboxylic acids is 1. The molecule has 94 valence electrons. The van der Waals surface area contributed by atoms with Crippen LogP contribution in [0.25, 0.3) is 5.69 Å². The number of aromatic nitrogens is 2. The standard InChI is InChI=1S/C12H12FN3O2/c1-6-11(12(17)18)7(2)16(15-6)8-3-4-9(13)10(14)5-8/h3-5H,14H2,1-2H3,(H,17,18). The van der Waals surface area contributed by atoms with Crippen LogP contribution < -0.4 is 5.73 Å². The van der Waals surface area contributed by atoms with Crippen LogP contribution in [-0.2, 0) is 0 Å². The molecule has 0 saturated carbocycles. The number of nitrogens with two attached hydrogens (primary N) is 1. The summed E-state index contributed by atoms with van der Waals surface area (Å²) < 4.78 is 14.5. The second kappa shape index (κ2) is 4.14. The normalized spacial score (nSPS) is 10.6. The van der Waals surface area contributed by atoms with Gasteiger partial charge in [0.2, 0.25) is 0 Å². The van der Waals surface area contributed by atoms with Crippen LogP contribution in [0.15, 0.2) is 18.2 Å². The third kappa shape index (κ3) is 1.81. The lowest BCUT2D eigenvalue weighted by Gasteiger charge is -2.06. The molecule has 3 N–H and O–H groups in total. The van der Waals surface area contributed by atoms with E-state index in [1.165, 1.54) is 22.9 Å². The van der Waals surface area contributed by atoms with Gasteiger partial charge >= 0.3 is 5.97 Å². The molecule has 0 radical (unpaired) electrons. The molecule has 1 aromatic carbocycles. The Morgan fingerprint density at radius 1 is 1.44 bits per heavy atom. The topological polar surface area (TPSA) is 81.1 Å². The van der Waals surface area contributed by atoms with E-state index in [-0.39, 0.29) is 11.3 Å². The van der Waals surface area contributed by atoms with Gasteiger partial charge in [0.25, 0.3) is 0 Å². The summed E-state index contributed by atoms with van der Waals surface area (Å²) in [5.74, 6) is -1.55. The van der Waals surface area contributed by atoms with Crippen molar-refractivity contribution in [3.05, 3.63) is 41.0 Å².